The Balaban J connectivity index is 0.000000453. The van der Waals surface area contributed by atoms with Crippen LogP contribution >= 0.6 is 0 Å². The van der Waals surface area contributed by atoms with Crippen molar-refractivity contribution in [1.82, 2.24) is 19.9 Å². The minimum atomic E-state index is -3.48. The molecule has 0 amide bonds. The van der Waals surface area contributed by atoms with E-state index in [0.29, 0.717) is 45.0 Å². The molecule has 2 aromatic heterocycles. The maximum Gasteiger partial charge on any atom is 2.00 e. The van der Waals surface area contributed by atoms with E-state index in [4.69, 9.17) is 10.2 Å². The van der Waals surface area contributed by atoms with Gasteiger partial charge in [-0.1, -0.05) is 52.0 Å². The molecule has 6 atom stereocenters. The largest absolute Gasteiger partial charge is 2.00 e. The quantitative estimate of drug-likeness (QED) is 0.0567. The Bertz CT molecular complexity index is 2420. The second kappa shape index (κ2) is 26.0. The molecule has 0 aliphatic rings. The molecule has 0 spiro atoms. The molecule has 0 fully saturated rings. The summed E-state index contributed by atoms with van der Waals surface area (Å²) < 4.78 is 75.6. The summed E-state index contributed by atoms with van der Waals surface area (Å²) in [7, 11) is -6.97. The van der Waals surface area contributed by atoms with Crippen molar-refractivity contribution in [2.75, 3.05) is 12.5 Å². The topological polar surface area (TPSA) is 275 Å². The fourth-order valence-corrected chi connectivity index (χ4v) is 7.30. The van der Waals surface area contributed by atoms with Gasteiger partial charge in [-0.05, 0) is 74.2 Å². The van der Waals surface area contributed by atoms with Crippen LogP contribution < -0.4 is 0 Å². The number of carboxylic acids is 2. The number of aliphatic carboxylic acids is 2. The number of aromatic nitrogens is 4. The van der Waals surface area contributed by atoms with Crippen LogP contribution in [0.4, 0.5) is 8.78 Å². The molecule has 0 bridgehead atoms. The molecule has 4 rings (SSSR count). The third-order valence-electron chi connectivity index (χ3n) is 10.1. The van der Waals surface area contributed by atoms with Crippen LogP contribution in [-0.4, -0.2) is 154 Å². The second-order valence-electron chi connectivity index (χ2n) is 16.6. The Hall–Kier alpha value is -4.12. The first-order valence-electron chi connectivity index (χ1n) is 20.8. The molecule has 4 aromatic rings. The predicted molar refractivity (Wildman–Crippen MR) is 251 cm³/mol. The monoisotopic (exact) mass is 1000 g/mol. The van der Waals surface area contributed by atoms with Crippen molar-refractivity contribution in [3.05, 3.63) is 106 Å². The van der Waals surface area contributed by atoms with Gasteiger partial charge in [-0.25, -0.2) is 45.6 Å². The molecule has 0 radical (unpaired) electrons. The summed E-state index contributed by atoms with van der Waals surface area (Å²) in [6.07, 6.45) is 1.99. The molecular weight excluding hydrogens is 943 g/mol. The van der Waals surface area contributed by atoms with E-state index < -0.39 is 91.0 Å². The number of aliphatic hydroxyl groups excluding tert-OH is 4. The Kier molecular flexibility index (Phi) is 22.9. The van der Waals surface area contributed by atoms with Crippen LogP contribution in [0.3, 0.4) is 0 Å². The van der Waals surface area contributed by atoms with Gasteiger partial charge in [-0.3, -0.25) is 9.59 Å². The van der Waals surface area contributed by atoms with Gasteiger partial charge in [0.15, 0.2) is 19.7 Å². The molecule has 16 nitrogen and oxygen atoms in total. The van der Waals surface area contributed by atoms with Crippen molar-refractivity contribution in [2.45, 2.75) is 114 Å². The molecule has 0 aliphatic carbocycles. The van der Waals surface area contributed by atoms with Gasteiger partial charge in [-0.15, -0.1) is 0 Å². The van der Waals surface area contributed by atoms with Crippen molar-refractivity contribution in [2.24, 2.45) is 0 Å². The Morgan fingerprint density at radius 2 is 0.866 bits per heavy atom. The van der Waals surface area contributed by atoms with E-state index >= 15 is 0 Å². The van der Waals surface area contributed by atoms with Crippen molar-refractivity contribution in [3.8, 4) is 22.5 Å². The van der Waals surface area contributed by atoms with Crippen LogP contribution in [0, 0.1) is 11.6 Å². The maximum absolute atomic E-state index is 13.5. The van der Waals surface area contributed by atoms with Crippen LogP contribution in [0.25, 0.3) is 34.7 Å². The molecular formula is C46H58CaF2N4O12S2+2. The first-order chi connectivity index (χ1) is 30.6. The smallest absolute Gasteiger partial charge is 0.481 e. The SMILES string of the molecule is CC(C)c1nc(C(C)S(C)(=O)=O)nc(-c2ccc(F)cc2)c1/C=C/[C@@H](O)C[C@@H](O)CC(=O)O.CC(C)c1nc(C(C)S(C)(=O)=O)nc(-c2ccc(F)cc2)c1/C=C/[C@@H](O)C[C@@H](O)CC(=O)O.[Ca+2]. The van der Waals surface area contributed by atoms with Gasteiger partial charge in [0.25, 0.3) is 0 Å². The molecule has 0 aliphatic heterocycles. The van der Waals surface area contributed by atoms with Crippen molar-refractivity contribution < 1.29 is 65.8 Å². The van der Waals surface area contributed by atoms with Gasteiger partial charge in [0.2, 0.25) is 0 Å². The van der Waals surface area contributed by atoms with Gasteiger partial charge in [0, 0.05) is 47.6 Å². The number of halogens is 2. The van der Waals surface area contributed by atoms with E-state index in [1.807, 2.05) is 27.7 Å². The number of rotatable bonds is 20. The number of hydrogen-bond donors (Lipinski definition) is 6. The van der Waals surface area contributed by atoms with Gasteiger partial charge >= 0.3 is 49.7 Å². The molecule has 2 aromatic carbocycles. The van der Waals surface area contributed by atoms with Crippen molar-refractivity contribution >= 4 is 81.5 Å². The van der Waals surface area contributed by atoms with E-state index in [-0.39, 0.29) is 74.1 Å². The number of nitrogens with zero attached hydrogens (tertiary/aromatic N) is 4. The van der Waals surface area contributed by atoms with E-state index in [2.05, 4.69) is 19.9 Å². The fourth-order valence-electron chi connectivity index (χ4n) is 6.32. The average molecular weight is 1000 g/mol. The molecule has 2 heterocycles. The third-order valence-corrected chi connectivity index (χ3v) is 13.1. The van der Waals surface area contributed by atoms with Crippen LogP contribution in [0.1, 0.15) is 124 Å². The van der Waals surface area contributed by atoms with Crippen LogP contribution in [0.2, 0.25) is 0 Å². The summed E-state index contributed by atoms with van der Waals surface area (Å²) in [5.41, 5.74) is 3.88. The van der Waals surface area contributed by atoms with Crippen LogP contribution in [0.5, 0.6) is 0 Å². The number of sulfone groups is 2. The molecule has 360 valence electrons. The summed E-state index contributed by atoms with van der Waals surface area (Å²) in [5.74, 6) is -3.32. The number of carboxylic acid groups (broad SMARTS) is 2. The van der Waals surface area contributed by atoms with Crippen molar-refractivity contribution in [3.63, 3.8) is 0 Å². The fraction of sp³-hybridized carbons (Fsp3) is 0.435. The summed E-state index contributed by atoms with van der Waals surface area (Å²) in [6.45, 7) is 10.5. The molecule has 2 unspecified atom stereocenters. The number of aliphatic hydroxyl groups is 4. The Labute approximate surface area is 419 Å². The first-order valence-corrected chi connectivity index (χ1v) is 24.7. The summed E-state index contributed by atoms with van der Waals surface area (Å²) in [6, 6.07) is 11.1. The van der Waals surface area contributed by atoms with Gasteiger partial charge in [0.05, 0.1) is 60.0 Å². The van der Waals surface area contributed by atoms with Gasteiger partial charge < -0.3 is 30.6 Å². The minimum Gasteiger partial charge on any atom is -0.481 e. The summed E-state index contributed by atoms with van der Waals surface area (Å²) in [4.78, 5) is 39.4. The van der Waals surface area contributed by atoms with E-state index in [1.165, 1.54) is 74.5 Å². The zero-order valence-electron chi connectivity index (χ0n) is 38.6. The number of benzene rings is 2. The Morgan fingerprint density at radius 1 is 0.567 bits per heavy atom. The molecule has 67 heavy (non-hydrogen) atoms. The first kappa shape index (κ1) is 59.0. The van der Waals surface area contributed by atoms with Crippen LogP contribution in [-0.2, 0) is 29.3 Å². The predicted octanol–water partition coefficient (Wildman–Crippen LogP) is 5.84. The zero-order chi connectivity index (χ0) is 49.8. The third kappa shape index (κ3) is 18.4. The number of carbonyl (C=O) groups is 2. The van der Waals surface area contributed by atoms with Crippen molar-refractivity contribution in [1.29, 1.82) is 0 Å². The molecule has 6 N–H and O–H groups in total. The average Bonchev–Trinajstić information content (AvgIpc) is 3.20. The minimum absolute atomic E-state index is 0. The summed E-state index contributed by atoms with van der Waals surface area (Å²) >= 11 is 0. The summed E-state index contributed by atoms with van der Waals surface area (Å²) in [5, 5.41) is 55.7. The second-order valence-corrected chi connectivity index (χ2v) is 21.3. The normalized spacial score (nSPS) is 14.8. The maximum atomic E-state index is 13.5. The van der Waals surface area contributed by atoms with E-state index in [0.717, 1.165) is 12.5 Å². The van der Waals surface area contributed by atoms with E-state index in [9.17, 15) is 55.6 Å². The zero-order valence-corrected chi connectivity index (χ0v) is 42.4. The number of hydrogen-bond acceptors (Lipinski definition) is 14. The van der Waals surface area contributed by atoms with Gasteiger partial charge in [0.1, 0.15) is 33.8 Å². The van der Waals surface area contributed by atoms with Crippen LogP contribution in [0.15, 0.2) is 60.7 Å². The molecule has 0 saturated heterocycles. The molecule has 21 heteroatoms. The van der Waals surface area contributed by atoms with E-state index in [1.54, 1.807) is 12.2 Å². The molecule has 0 saturated carbocycles. The van der Waals surface area contributed by atoms with Gasteiger partial charge in [-0.2, -0.15) is 0 Å². The Morgan fingerprint density at radius 3 is 1.12 bits per heavy atom. The standard InChI is InChI=1S/2C23H29FN2O6S.Ca/c2*1-13(2)21-19(10-9-17(27)11-18(28)12-20(29)30)22(15-5-7-16(24)8-6-15)26-23(25-21)14(3)33(4,31)32;/h2*5-10,13-14,17-18,27-28H,11-12H2,1-4H3,(H,29,30);/q;;+2/b2*10-9+;/t2*14?,17-,18-;/m11./s1.